The summed E-state index contributed by atoms with van der Waals surface area (Å²) in [5.74, 6) is -0.295. The summed E-state index contributed by atoms with van der Waals surface area (Å²) in [4.78, 5) is 24.6. The van der Waals surface area contributed by atoms with Crippen LogP contribution in [0.25, 0.3) is 0 Å². The van der Waals surface area contributed by atoms with Crippen LogP contribution < -0.4 is 10.6 Å². The van der Waals surface area contributed by atoms with E-state index in [0.29, 0.717) is 24.1 Å². The Morgan fingerprint density at radius 2 is 1.54 bits per heavy atom. The molecule has 0 aliphatic heterocycles. The van der Waals surface area contributed by atoms with E-state index in [-0.39, 0.29) is 17.4 Å². The Hall–Kier alpha value is -2.62. The van der Waals surface area contributed by atoms with E-state index in [0.717, 1.165) is 5.56 Å². The first-order valence-corrected chi connectivity index (χ1v) is 8.10. The summed E-state index contributed by atoms with van der Waals surface area (Å²) in [6.45, 7) is 5.77. The number of para-hydroxylation sites is 1. The summed E-state index contributed by atoms with van der Waals surface area (Å²) in [5.41, 5.74) is 1.80. The summed E-state index contributed by atoms with van der Waals surface area (Å²) in [6, 6.07) is 16.9. The summed E-state index contributed by atoms with van der Waals surface area (Å²) < 4.78 is 0. The Kier molecular flexibility index (Phi) is 5.74. The average molecular weight is 324 g/mol. The van der Waals surface area contributed by atoms with Crippen LogP contribution in [0.2, 0.25) is 0 Å². The van der Waals surface area contributed by atoms with Gasteiger partial charge in [-0.25, -0.2) is 0 Å². The van der Waals surface area contributed by atoms with Crippen LogP contribution in [0.4, 0.5) is 5.69 Å². The molecule has 126 valence electrons. The van der Waals surface area contributed by atoms with Gasteiger partial charge in [-0.2, -0.15) is 0 Å². The number of benzene rings is 2. The quantitative estimate of drug-likeness (QED) is 0.879. The number of nitrogens with one attached hydrogen (secondary N) is 2. The fraction of sp³-hybridized carbons (Fsp3) is 0.300. The normalized spacial score (nSPS) is 11.0. The molecule has 0 unspecified atom stereocenters. The van der Waals surface area contributed by atoms with Gasteiger partial charge in [0.25, 0.3) is 5.91 Å². The molecule has 0 radical (unpaired) electrons. The molecule has 2 aromatic rings. The van der Waals surface area contributed by atoms with Crippen LogP contribution >= 0.6 is 0 Å². The second-order valence-electron chi connectivity index (χ2n) is 6.78. The van der Waals surface area contributed by atoms with Crippen molar-refractivity contribution in [3.63, 3.8) is 0 Å². The van der Waals surface area contributed by atoms with Gasteiger partial charge in [0.05, 0.1) is 11.3 Å². The standard InChI is InChI=1S/C20H24N2O2/c1-20(2,3)22-19(24)16-11-7-8-12-17(16)21-18(23)14-13-15-9-5-4-6-10-15/h4-12H,13-14H2,1-3H3,(H,21,23)(H,22,24). The van der Waals surface area contributed by atoms with E-state index >= 15 is 0 Å². The van der Waals surface area contributed by atoms with Crippen LogP contribution in [-0.2, 0) is 11.2 Å². The molecule has 2 amide bonds. The van der Waals surface area contributed by atoms with Gasteiger partial charge in [-0.05, 0) is 44.9 Å². The van der Waals surface area contributed by atoms with Gasteiger partial charge in [-0.15, -0.1) is 0 Å². The number of carbonyl (C=O) groups excluding carboxylic acids is 2. The predicted octanol–water partition coefficient (Wildman–Crippen LogP) is 3.79. The smallest absolute Gasteiger partial charge is 0.253 e. The lowest BCUT2D eigenvalue weighted by Crippen LogP contribution is -2.40. The fourth-order valence-corrected chi connectivity index (χ4v) is 2.31. The van der Waals surface area contributed by atoms with Crippen molar-refractivity contribution in [3.05, 3.63) is 65.7 Å². The lowest BCUT2D eigenvalue weighted by molar-refractivity contribution is -0.116. The number of carbonyl (C=O) groups is 2. The topological polar surface area (TPSA) is 58.2 Å². The fourth-order valence-electron chi connectivity index (χ4n) is 2.31. The van der Waals surface area contributed by atoms with Crippen molar-refractivity contribution in [1.82, 2.24) is 5.32 Å². The number of aryl methyl sites for hydroxylation is 1. The lowest BCUT2D eigenvalue weighted by atomic mass is 10.1. The van der Waals surface area contributed by atoms with E-state index in [1.165, 1.54) is 0 Å². The SMILES string of the molecule is CC(C)(C)NC(=O)c1ccccc1NC(=O)CCc1ccccc1. The van der Waals surface area contributed by atoms with Gasteiger partial charge in [0, 0.05) is 12.0 Å². The molecule has 0 aliphatic rings. The van der Waals surface area contributed by atoms with Crippen molar-refractivity contribution in [3.8, 4) is 0 Å². The highest BCUT2D eigenvalue weighted by Crippen LogP contribution is 2.17. The molecule has 2 N–H and O–H groups in total. The molecule has 0 bridgehead atoms. The largest absolute Gasteiger partial charge is 0.347 e. The first-order valence-electron chi connectivity index (χ1n) is 8.10. The van der Waals surface area contributed by atoms with E-state index in [9.17, 15) is 9.59 Å². The molecule has 0 fully saturated rings. The Bertz CT molecular complexity index is 703. The summed E-state index contributed by atoms with van der Waals surface area (Å²) in [7, 11) is 0. The van der Waals surface area contributed by atoms with Gasteiger partial charge in [0.2, 0.25) is 5.91 Å². The molecule has 0 aromatic heterocycles. The van der Waals surface area contributed by atoms with Crippen molar-refractivity contribution < 1.29 is 9.59 Å². The van der Waals surface area contributed by atoms with Crippen LogP contribution in [0, 0.1) is 0 Å². The zero-order valence-electron chi connectivity index (χ0n) is 14.4. The first kappa shape index (κ1) is 17.7. The van der Waals surface area contributed by atoms with E-state index in [1.807, 2.05) is 51.1 Å². The molecule has 4 nitrogen and oxygen atoms in total. The molecule has 0 atom stereocenters. The molecule has 0 heterocycles. The van der Waals surface area contributed by atoms with E-state index in [4.69, 9.17) is 0 Å². The van der Waals surface area contributed by atoms with Gasteiger partial charge in [-0.3, -0.25) is 9.59 Å². The highest BCUT2D eigenvalue weighted by atomic mass is 16.2. The number of amides is 2. The van der Waals surface area contributed by atoms with Crippen LogP contribution in [0.15, 0.2) is 54.6 Å². The second kappa shape index (κ2) is 7.77. The first-order chi connectivity index (χ1) is 11.3. The monoisotopic (exact) mass is 324 g/mol. The molecule has 2 rings (SSSR count). The zero-order valence-corrected chi connectivity index (χ0v) is 14.4. The number of hydrogen-bond acceptors (Lipinski definition) is 2. The molecular formula is C20H24N2O2. The minimum absolute atomic E-state index is 0.102. The van der Waals surface area contributed by atoms with Crippen molar-refractivity contribution in [1.29, 1.82) is 0 Å². The maximum Gasteiger partial charge on any atom is 0.253 e. The Morgan fingerprint density at radius 3 is 2.21 bits per heavy atom. The third-order valence-corrected chi connectivity index (χ3v) is 3.42. The third-order valence-electron chi connectivity index (χ3n) is 3.42. The third kappa shape index (κ3) is 5.54. The van der Waals surface area contributed by atoms with Crippen LogP contribution in [0.3, 0.4) is 0 Å². The zero-order chi connectivity index (χ0) is 17.6. The number of hydrogen-bond donors (Lipinski definition) is 2. The van der Waals surface area contributed by atoms with Crippen molar-refractivity contribution in [2.75, 3.05) is 5.32 Å². The Morgan fingerprint density at radius 1 is 0.917 bits per heavy atom. The van der Waals surface area contributed by atoms with Crippen LogP contribution in [0.1, 0.15) is 43.1 Å². The molecule has 0 aliphatic carbocycles. The van der Waals surface area contributed by atoms with E-state index in [2.05, 4.69) is 10.6 Å². The van der Waals surface area contributed by atoms with Gasteiger partial charge < -0.3 is 10.6 Å². The summed E-state index contributed by atoms with van der Waals surface area (Å²) >= 11 is 0. The Balaban J connectivity index is 2.01. The lowest BCUT2D eigenvalue weighted by Gasteiger charge is -2.21. The van der Waals surface area contributed by atoms with Crippen molar-refractivity contribution >= 4 is 17.5 Å². The van der Waals surface area contributed by atoms with Crippen LogP contribution in [-0.4, -0.2) is 17.4 Å². The molecule has 24 heavy (non-hydrogen) atoms. The highest BCUT2D eigenvalue weighted by Gasteiger charge is 2.18. The molecule has 2 aromatic carbocycles. The van der Waals surface area contributed by atoms with Gasteiger partial charge in [0.1, 0.15) is 0 Å². The van der Waals surface area contributed by atoms with E-state index in [1.54, 1.807) is 24.3 Å². The molecule has 0 saturated heterocycles. The summed E-state index contributed by atoms with van der Waals surface area (Å²) in [6.07, 6.45) is 1.04. The van der Waals surface area contributed by atoms with Gasteiger partial charge in [-0.1, -0.05) is 42.5 Å². The predicted molar refractivity (Wildman–Crippen MR) is 97.1 cm³/mol. The Labute approximate surface area is 143 Å². The number of rotatable bonds is 5. The van der Waals surface area contributed by atoms with Crippen LogP contribution in [0.5, 0.6) is 0 Å². The molecule has 4 heteroatoms. The maximum atomic E-state index is 12.4. The molecular weight excluding hydrogens is 300 g/mol. The second-order valence-corrected chi connectivity index (χ2v) is 6.78. The van der Waals surface area contributed by atoms with Gasteiger partial charge in [0.15, 0.2) is 0 Å². The van der Waals surface area contributed by atoms with E-state index < -0.39 is 0 Å². The minimum atomic E-state index is -0.332. The summed E-state index contributed by atoms with van der Waals surface area (Å²) in [5, 5.41) is 5.76. The maximum absolute atomic E-state index is 12.4. The highest BCUT2D eigenvalue weighted by molar-refractivity contribution is 6.04. The van der Waals surface area contributed by atoms with Crippen molar-refractivity contribution in [2.24, 2.45) is 0 Å². The van der Waals surface area contributed by atoms with Gasteiger partial charge >= 0.3 is 0 Å². The minimum Gasteiger partial charge on any atom is -0.347 e. The molecule has 0 spiro atoms. The number of anilines is 1. The average Bonchev–Trinajstić information content (AvgIpc) is 2.53. The molecule has 0 saturated carbocycles. The van der Waals surface area contributed by atoms with Crippen molar-refractivity contribution in [2.45, 2.75) is 39.2 Å².